The average Bonchev–Trinajstić information content (AvgIpc) is 3.03. The van der Waals surface area contributed by atoms with E-state index in [-0.39, 0.29) is 24.3 Å². The molecule has 0 aliphatic carbocycles. The molecule has 3 amide bonds. The number of fused-ring (bicyclic) bond motifs is 1. The van der Waals surface area contributed by atoms with Gasteiger partial charge in [0.2, 0.25) is 0 Å². The SMILES string of the molecule is O=C(c1ccc(CN2C(=O)c3ccccc3C2=O)cc1)N1CCCN(c2ccccc2)CC1. The molecule has 0 bridgehead atoms. The predicted molar refractivity (Wildman–Crippen MR) is 126 cm³/mol. The zero-order valence-corrected chi connectivity index (χ0v) is 18.3. The lowest BCUT2D eigenvalue weighted by molar-refractivity contribution is 0.0641. The Bertz CT molecular complexity index is 1160. The quantitative estimate of drug-likeness (QED) is 0.580. The Morgan fingerprint density at radius 3 is 2.00 bits per heavy atom. The van der Waals surface area contributed by atoms with Gasteiger partial charge in [-0.15, -0.1) is 0 Å². The lowest BCUT2D eigenvalue weighted by atomic mass is 10.1. The van der Waals surface area contributed by atoms with Crippen molar-refractivity contribution >= 4 is 23.4 Å². The van der Waals surface area contributed by atoms with Crippen molar-refractivity contribution in [1.82, 2.24) is 9.80 Å². The summed E-state index contributed by atoms with van der Waals surface area (Å²) in [5, 5.41) is 0. The van der Waals surface area contributed by atoms with Crippen LogP contribution in [-0.2, 0) is 6.54 Å². The second-order valence-corrected chi connectivity index (χ2v) is 8.41. The van der Waals surface area contributed by atoms with Crippen molar-refractivity contribution in [3.63, 3.8) is 0 Å². The maximum absolute atomic E-state index is 13.1. The first-order chi connectivity index (χ1) is 16.1. The fourth-order valence-corrected chi connectivity index (χ4v) is 4.52. The first kappa shape index (κ1) is 20.9. The molecule has 6 nitrogen and oxygen atoms in total. The molecule has 0 unspecified atom stereocenters. The normalized spacial score (nSPS) is 16.1. The summed E-state index contributed by atoms with van der Waals surface area (Å²) in [6.07, 6.45) is 0.915. The average molecular weight is 440 g/mol. The Kier molecular flexibility index (Phi) is 5.65. The van der Waals surface area contributed by atoms with Crippen LogP contribution in [0.5, 0.6) is 0 Å². The van der Waals surface area contributed by atoms with Crippen LogP contribution in [-0.4, -0.2) is 53.7 Å². The second-order valence-electron chi connectivity index (χ2n) is 8.41. The van der Waals surface area contributed by atoms with Crippen LogP contribution < -0.4 is 4.90 Å². The zero-order chi connectivity index (χ0) is 22.8. The molecule has 0 spiro atoms. The molecule has 3 aromatic rings. The van der Waals surface area contributed by atoms with Gasteiger partial charge < -0.3 is 9.80 Å². The van der Waals surface area contributed by atoms with Crippen molar-refractivity contribution in [2.45, 2.75) is 13.0 Å². The first-order valence-electron chi connectivity index (χ1n) is 11.3. The summed E-state index contributed by atoms with van der Waals surface area (Å²) in [7, 11) is 0. The number of anilines is 1. The van der Waals surface area contributed by atoms with Gasteiger partial charge in [0.15, 0.2) is 0 Å². The summed E-state index contributed by atoms with van der Waals surface area (Å²) in [6, 6.07) is 24.4. The highest BCUT2D eigenvalue weighted by molar-refractivity contribution is 6.21. The molecule has 0 N–H and O–H groups in total. The number of hydrogen-bond acceptors (Lipinski definition) is 4. The molecule has 0 saturated carbocycles. The monoisotopic (exact) mass is 439 g/mol. The highest BCUT2D eigenvalue weighted by atomic mass is 16.2. The molecule has 2 aliphatic heterocycles. The van der Waals surface area contributed by atoms with Crippen LogP contribution in [0.3, 0.4) is 0 Å². The summed E-state index contributed by atoms with van der Waals surface area (Å²) in [4.78, 5) is 43.8. The van der Waals surface area contributed by atoms with Gasteiger partial charge in [0.05, 0.1) is 17.7 Å². The van der Waals surface area contributed by atoms with E-state index in [0.29, 0.717) is 23.2 Å². The smallest absolute Gasteiger partial charge is 0.261 e. The molecule has 1 fully saturated rings. The van der Waals surface area contributed by atoms with Crippen LogP contribution in [0.25, 0.3) is 0 Å². The summed E-state index contributed by atoms with van der Waals surface area (Å²) >= 11 is 0. The third-order valence-electron chi connectivity index (χ3n) is 6.32. The van der Waals surface area contributed by atoms with Crippen LogP contribution in [0.1, 0.15) is 43.1 Å². The molecular formula is C27H25N3O3. The van der Waals surface area contributed by atoms with Gasteiger partial charge in [-0.2, -0.15) is 0 Å². The van der Waals surface area contributed by atoms with Crippen LogP contribution in [0, 0.1) is 0 Å². The number of carbonyl (C=O) groups excluding carboxylic acids is 3. The predicted octanol–water partition coefficient (Wildman–Crippen LogP) is 3.84. The van der Waals surface area contributed by atoms with Gasteiger partial charge in [0.1, 0.15) is 0 Å². The maximum atomic E-state index is 13.1. The molecule has 6 heteroatoms. The summed E-state index contributed by atoms with van der Waals surface area (Å²) < 4.78 is 0. The van der Waals surface area contributed by atoms with Gasteiger partial charge in [0.25, 0.3) is 17.7 Å². The van der Waals surface area contributed by atoms with Crippen molar-refractivity contribution < 1.29 is 14.4 Å². The highest BCUT2D eigenvalue weighted by Gasteiger charge is 2.35. The van der Waals surface area contributed by atoms with Crippen LogP contribution in [0.15, 0.2) is 78.9 Å². The lowest BCUT2D eigenvalue weighted by Gasteiger charge is -2.24. The van der Waals surface area contributed by atoms with Crippen molar-refractivity contribution in [3.05, 3.63) is 101 Å². The van der Waals surface area contributed by atoms with E-state index in [4.69, 9.17) is 0 Å². The number of rotatable bonds is 4. The number of hydrogen-bond donors (Lipinski definition) is 0. The minimum atomic E-state index is -0.275. The minimum Gasteiger partial charge on any atom is -0.370 e. The largest absolute Gasteiger partial charge is 0.370 e. The fourth-order valence-electron chi connectivity index (χ4n) is 4.52. The molecule has 1 saturated heterocycles. The number of carbonyl (C=O) groups is 3. The molecule has 0 atom stereocenters. The van der Waals surface area contributed by atoms with Crippen molar-refractivity contribution in [2.75, 3.05) is 31.1 Å². The van der Waals surface area contributed by atoms with E-state index in [9.17, 15) is 14.4 Å². The van der Waals surface area contributed by atoms with Crippen LogP contribution >= 0.6 is 0 Å². The van der Waals surface area contributed by atoms with E-state index >= 15 is 0 Å². The number of benzene rings is 3. The van der Waals surface area contributed by atoms with E-state index in [1.165, 1.54) is 10.6 Å². The van der Waals surface area contributed by atoms with Gasteiger partial charge in [-0.05, 0) is 48.4 Å². The van der Waals surface area contributed by atoms with E-state index in [1.807, 2.05) is 35.2 Å². The standard InChI is InChI=1S/C27H25N3O3/c31-25(29-16-6-15-28(17-18-29)22-7-2-1-3-8-22)21-13-11-20(12-14-21)19-30-26(32)23-9-4-5-10-24(23)27(30)33/h1-5,7-14H,6,15-19H2. The van der Waals surface area contributed by atoms with Gasteiger partial charge in [-0.3, -0.25) is 19.3 Å². The van der Waals surface area contributed by atoms with Crippen molar-refractivity contribution in [3.8, 4) is 0 Å². The third kappa shape index (κ3) is 4.12. The first-order valence-corrected chi connectivity index (χ1v) is 11.3. The van der Waals surface area contributed by atoms with Crippen LogP contribution in [0.2, 0.25) is 0 Å². The zero-order valence-electron chi connectivity index (χ0n) is 18.3. The summed E-state index contributed by atoms with van der Waals surface area (Å²) in [5.74, 6) is -0.538. The van der Waals surface area contributed by atoms with Gasteiger partial charge in [-0.1, -0.05) is 42.5 Å². The Morgan fingerprint density at radius 1 is 0.697 bits per heavy atom. The number of nitrogens with zero attached hydrogens (tertiary/aromatic N) is 3. The molecule has 2 heterocycles. The molecule has 2 aliphatic rings. The van der Waals surface area contributed by atoms with Gasteiger partial charge in [-0.25, -0.2) is 0 Å². The fraction of sp³-hybridized carbons (Fsp3) is 0.222. The Morgan fingerprint density at radius 2 is 1.33 bits per heavy atom. The number of amides is 3. The number of imide groups is 1. The van der Waals surface area contributed by atoms with Gasteiger partial charge in [0, 0.05) is 37.4 Å². The van der Waals surface area contributed by atoms with Crippen molar-refractivity contribution in [1.29, 1.82) is 0 Å². The topological polar surface area (TPSA) is 60.9 Å². The van der Waals surface area contributed by atoms with Crippen molar-refractivity contribution in [2.24, 2.45) is 0 Å². The number of para-hydroxylation sites is 1. The Balaban J connectivity index is 1.23. The molecular weight excluding hydrogens is 414 g/mol. The summed E-state index contributed by atoms with van der Waals surface area (Å²) in [6.45, 7) is 3.31. The van der Waals surface area contributed by atoms with E-state index < -0.39 is 0 Å². The molecule has 5 rings (SSSR count). The Labute approximate surface area is 193 Å². The maximum Gasteiger partial charge on any atom is 0.261 e. The molecule has 0 aromatic heterocycles. The molecule has 166 valence electrons. The van der Waals surface area contributed by atoms with E-state index in [0.717, 1.165) is 31.6 Å². The highest BCUT2D eigenvalue weighted by Crippen LogP contribution is 2.24. The lowest BCUT2D eigenvalue weighted by Crippen LogP contribution is -2.35. The van der Waals surface area contributed by atoms with E-state index in [1.54, 1.807) is 36.4 Å². The third-order valence-corrected chi connectivity index (χ3v) is 6.32. The Hall–Kier alpha value is -3.93. The molecule has 3 aromatic carbocycles. The second kappa shape index (κ2) is 8.90. The minimum absolute atomic E-state index is 0.0113. The molecule has 33 heavy (non-hydrogen) atoms. The summed E-state index contributed by atoms with van der Waals surface area (Å²) in [5.41, 5.74) is 3.51. The van der Waals surface area contributed by atoms with Gasteiger partial charge >= 0.3 is 0 Å². The molecule has 0 radical (unpaired) electrons. The van der Waals surface area contributed by atoms with E-state index in [2.05, 4.69) is 17.0 Å². The van der Waals surface area contributed by atoms with Crippen LogP contribution in [0.4, 0.5) is 5.69 Å².